The van der Waals surface area contributed by atoms with Crippen LogP contribution in [0.5, 0.6) is 0 Å². The van der Waals surface area contributed by atoms with E-state index in [1.54, 1.807) is 12.1 Å². The van der Waals surface area contributed by atoms with Gasteiger partial charge in [0.1, 0.15) is 5.82 Å². The van der Waals surface area contributed by atoms with Crippen LogP contribution >= 0.6 is 23.2 Å². The van der Waals surface area contributed by atoms with Crippen LogP contribution in [0.15, 0.2) is 42.5 Å². The minimum absolute atomic E-state index is 0.115. The second-order valence-corrected chi connectivity index (χ2v) is 5.10. The van der Waals surface area contributed by atoms with E-state index in [0.717, 1.165) is 6.07 Å². The number of benzene rings is 2. The van der Waals surface area contributed by atoms with E-state index in [4.69, 9.17) is 27.9 Å². The Labute approximate surface area is 135 Å². The molecule has 0 heterocycles. The lowest BCUT2D eigenvalue weighted by Gasteiger charge is -2.07. The molecule has 0 radical (unpaired) electrons. The Morgan fingerprint density at radius 1 is 1.09 bits per heavy atom. The highest BCUT2D eigenvalue weighted by Gasteiger charge is 2.11. The molecule has 22 heavy (non-hydrogen) atoms. The Kier molecular flexibility index (Phi) is 5.35. The summed E-state index contributed by atoms with van der Waals surface area (Å²) in [7, 11) is 0. The molecular formula is C15H10Cl2FNO3. The summed E-state index contributed by atoms with van der Waals surface area (Å²) in [5.74, 6) is -1.80. The maximum absolute atomic E-state index is 13.0. The molecule has 114 valence electrons. The number of amides is 1. The fourth-order valence-corrected chi connectivity index (χ4v) is 1.88. The van der Waals surface area contributed by atoms with Gasteiger partial charge in [-0.2, -0.15) is 0 Å². The van der Waals surface area contributed by atoms with E-state index in [1.165, 1.54) is 24.3 Å². The molecule has 0 aliphatic carbocycles. The zero-order valence-corrected chi connectivity index (χ0v) is 12.6. The largest absolute Gasteiger partial charge is 0.452 e. The number of carbonyl (C=O) groups excluding carboxylic acids is 2. The molecule has 0 atom stereocenters. The van der Waals surface area contributed by atoms with Crippen LogP contribution < -0.4 is 5.32 Å². The first-order valence-electron chi connectivity index (χ1n) is 6.13. The van der Waals surface area contributed by atoms with E-state index in [2.05, 4.69) is 5.32 Å². The Morgan fingerprint density at radius 2 is 1.77 bits per heavy atom. The van der Waals surface area contributed by atoms with E-state index < -0.39 is 24.3 Å². The average Bonchev–Trinajstić information content (AvgIpc) is 2.49. The van der Waals surface area contributed by atoms with Crippen LogP contribution in [0.1, 0.15) is 10.4 Å². The number of ether oxygens (including phenoxy) is 1. The third-order valence-corrected chi connectivity index (χ3v) is 3.16. The molecule has 0 unspecified atom stereocenters. The summed E-state index contributed by atoms with van der Waals surface area (Å²) in [6.45, 7) is -0.476. The van der Waals surface area contributed by atoms with E-state index in [0.29, 0.717) is 10.7 Å². The van der Waals surface area contributed by atoms with Crippen molar-refractivity contribution >= 4 is 40.8 Å². The number of hydrogen-bond acceptors (Lipinski definition) is 3. The van der Waals surface area contributed by atoms with Gasteiger partial charge in [0.25, 0.3) is 5.91 Å². The Morgan fingerprint density at radius 3 is 2.41 bits per heavy atom. The average molecular weight is 342 g/mol. The predicted molar refractivity (Wildman–Crippen MR) is 81.8 cm³/mol. The number of nitrogens with one attached hydrogen (secondary N) is 1. The zero-order chi connectivity index (χ0) is 16.1. The van der Waals surface area contributed by atoms with Crippen molar-refractivity contribution in [3.63, 3.8) is 0 Å². The van der Waals surface area contributed by atoms with E-state index >= 15 is 0 Å². The molecule has 2 aromatic carbocycles. The number of hydrogen-bond donors (Lipinski definition) is 1. The van der Waals surface area contributed by atoms with Gasteiger partial charge in [-0.05, 0) is 42.5 Å². The monoisotopic (exact) mass is 341 g/mol. The smallest absolute Gasteiger partial charge is 0.338 e. The third kappa shape index (κ3) is 4.44. The van der Waals surface area contributed by atoms with Gasteiger partial charge >= 0.3 is 5.97 Å². The summed E-state index contributed by atoms with van der Waals surface area (Å²) in [5, 5.41) is 2.81. The first-order chi connectivity index (χ1) is 10.5. The number of anilines is 1. The van der Waals surface area contributed by atoms with Crippen LogP contribution in [0.25, 0.3) is 0 Å². The van der Waals surface area contributed by atoms with Crippen LogP contribution in [-0.2, 0) is 9.53 Å². The summed E-state index contributed by atoms with van der Waals surface area (Å²) in [4.78, 5) is 23.3. The quantitative estimate of drug-likeness (QED) is 0.857. The molecule has 0 aromatic heterocycles. The number of halogens is 3. The minimum atomic E-state index is -0.649. The van der Waals surface area contributed by atoms with Crippen molar-refractivity contribution in [3.05, 3.63) is 63.9 Å². The first kappa shape index (κ1) is 16.3. The van der Waals surface area contributed by atoms with E-state index in [9.17, 15) is 14.0 Å². The summed E-state index contributed by atoms with van der Waals surface area (Å²) in [5.41, 5.74) is 0.584. The molecule has 0 saturated carbocycles. The Balaban J connectivity index is 1.88. The van der Waals surface area contributed by atoms with Crippen molar-refractivity contribution in [1.29, 1.82) is 0 Å². The zero-order valence-electron chi connectivity index (χ0n) is 11.1. The fraction of sp³-hybridized carbons (Fsp3) is 0.0667. The number of rotatable bonds is 4. The number of esters is 1. The van der Waals surface area contributed by atoms with Crippen LogP contribution in [0.2, 0.25) is 10.0 Å². The van der Waals surface area contributed by atoms with Crippen LogP contribution in [-0.4, -0.2) is 18.5 Å². The topological polar surface area (TPSA) is 55.4 Å². The first-order valence-corrected chi connectivity index (χ1v) is 6.89. The summed E-state index contributed by atoms with van der Waals surface area (Å²) in [6.07, 6.45) is 0. The van der Waals surface area contributed by atoms with Crippen molar-refractivity contribution in [2.45, 2.75) is 0 Å². The van der Waals surface area contributed by atoms with Gasteiger partial charge in [0.05, 0.1) is 10.6 Å². The number of carbonyl (C=O) groups is 2. The Hall–Kier alpha value is -2.11. The minimum Gasteiger partial charge on any atom is -0.452 e. The molecule has 0 saturated heterocycles. The molecule has 2 aromatic rings. The summed E-state index contributed by atoms with van der Waals surface area (Å²) >= 11 is 11.3. The highest BCUT2D eigenvalue weighted by Crippen LogP contribution is 2.19. The van der Waals surface area contributed by atoms with E-state index in [1.807, 2.05) is 0 Å². The standard InChI is InChI=1S/C15H10Cl2FNO3/c16-10-3-1-9(2-4-10)15(21)22-8-14(20)19-11-5-6-13(18)12(17)7-11/h1-7H,8H2,(H,19,20). The highest BCUT2D eigenvalue weighted by molar-refractivity contribution is 6.31. The second kappa shape index (κ2) is 7.24. The molecule has 0 bridgehead atoms. The van der Waals surface area contributed by atoms with Crippen molar-refractivity contribution in [1.82, 2.24) is 0 Å². The van der Waals surface area contributed by atoms with Crippen LogP contribution in [0, 0.1) is 5.82 Å². The van der Waals surface area contributed by atoms with Gasteiger partial charge in [0.15, 0.2) is 6.61 Å². The predicted octanol–water partition coefficient (Wildman–Crippen LogP) is 3.93. The van der Waals surface area contributed by atoms with Crippen LogP contribution in [0.4, 0.5) is 10.1 Å². The molecule has 0 aliphatic rings. The van der Waals surface area contributed by atoms with Crippen molar-refractivity contribution < 1.29 is 18.7 Å². The Bertz CT molecular complexity index is 704. The molecule has 1 amide bonds. The van der Waals surface area contributed by atoms with Crippen molar-refractivity contribution in [3.8, 4) is 0 Å². The lowest BCUT2D eigenvalue weighted by atomic mass is 10.2. The summed E-state index contributed by atoms with van der Waals surface area (Å²) < 4.78 is 17.8. The van der Waals surface area contributed by atoms with Gasteiger partial charge in [-0.1, -0.05) is 23.2 Å². The molecule has 0 aliphatic heterocycles. The molecule has 2 rings (SSSR count). The van der Waals surface area contributed by atoms with Gasteiger partial charge in [-0.3, -0.25) is 4.79 Å². The maximum atomic E-state index is 13.0. The van der Waals surface area contributed by atoms with Crippen molar-refractivity contribution in [2.24, 2.45) is 0 Å². The lowest BCUT2D eigenvalue weighted by molar-refractivity contribution is -0.119. The molecule has 1 N–H and O–H groups in total. The van der Waals surface area contributed by atoms with Gasteiger partial charge < -0.3 is 10.1 Å². The molecule has 0 spiro atoms. The normalized spacial score (nSPS) is 10.1. The SMILES string of the molecule is O=C(COC(=O)c1ccc(Cl)cc1)Nc1ccc(F)c(Cl)c1. The molecule has 4 nitrogen and oxygen atoms in total. The lowest BCUT2D eigenvalue weighted by Crippen LogP contribution is -2.20. The van der Waals surface area contributed by atoms with Gasteiger partial charge in [0.2, 0.25) is 0 Å². The maximum Gasteiger partial charge on any atom is 0.338 e. The van der Waals surface area contributed by atoms with Gasteiger partial charge in [-0.15, -0.1) is 0 Å². The molecule has 0 fully saturated rings. The second-order valence-electron chi connectivity index (χ2n) is 4.26. The third-order valence-electron chi connectivity index (χ3n) is 2.62. The molecule has 7 heteroatoms. The molecular weight excluding hydrogens is 332 g/mol. The fourth-order valence-electron chi connectivity index (χ4n) is 1.57. The van der Waals surface area contributed by atoms with E-state index in [-0.39, 0.29) is 10.6 Å². The summed E-state index contributed by atoms with van der Waals surface area (Å²) in [6, 6.07) is 9.79. The van der Waals surface area contributed by atoms with Gasteiger partial charge in [-0.25, -0.2) is 9.18 Å². The van der Waals surface area contributed by atoms with Crippen LogP contribution in [0.3, 0.4) is 0 Å². The highest BCUT2D eigenvalue weighted by atomic mass is 35.5. The van der Waals surface area contributed by atoms with Gasteiger partial charge in [0, 0.05) is 10.7 Å². The van der Waals surface area contributed by atoms with Crippen molar-refractivity contribution in [2.75, 3.05) is 11.9 Å².